The fourth-order valence-corrected chi connectivity index (χ4v) is 3.51. The van der Waals surface area contributed by atoms with E-state index in [1.54, 1.807) is 17.7 Å². The Balaban J connectivity index is 1.57. The monoisotopic (exact) mass is 418 g/mol. The van der Waals surface area contributed by atoms with Gasteiger partial charge in [-0.1, -0.05) is 17.7 Å². The number of nitrogens with one attached hydrogen (secondary N) is 1. The lowest BCUT2D eigenvalue weighted by molar-refractivity contribution is -0.118. The largest absolute Gasteiger partial charge is 0.467 e. The van der Waals surface area contributed by atoms with Crippen LogP contribution < -0.4 is 10.1 Å². The number of anilines is 1. The molecule has 0 aliphatic heterocycles. The van der Waals surface area contributed by atoms with Gasteiger partial charge < -0.3 is 10.1 Å². The van der Waals surface area contributed by atoms with Gasteiger partial charge in [-0.2, -0.15) is 10.1 Å². The molecule has 2 aromatic carbocycles. The first-order valence-corrected chi connectivity index (χ1v) is 9.94. The molecular weight excluding hydrogens is 395 g/mol. The van der Waals surface area contributed by atoms with Crippen molar-refractivity contribution in [2.75, 3.05) is 11.9 Å². The molecule has 0 saturated carbocycles. The summed E-state index contributed by atoms with van der Waals surface area (Å²) in [5, 5.41) is 8.34. The lowest BCUT2D eigenvalue weighted by Crippen LogP contribution is -2.21. The Morgan fingerprint density at radius 2 is 1.77 bits per heavy atom. The molecule has 4 rings (SSSR count). The highest BCUT2D eigenvalue weighted by molar-refractivity contribution is 5.92. The maximum absolute atomic E-state index is 13.2. The molecule has 31 heavy (non-hydrogen) atoms. The average Bonchev–Trinajstić information content (AvgIpc) is 3.06. The second-order valence-corrected chi connectivity index (χ2v) is 7.60. The third-order valence-corrected chi connectivity index (χ3v) is 5.08. The Hall–Kier alpha value is -3.74. The number of carbonyl (C=O) groups is 1. The lowest BCUT2D eigenvalue weighted by Gasteiger charge is -2.10. The van der Waals surface area contributed by atoms with Crippen LogP contribution in [0.15, 0.2) is 48.5 Å². The molecule has 0 aliphatic rings. The van der Waals surface area contributed by atoms with E-state index in [2.05, 4.69) is 15.4 Å². The molecule has 0 atom stereocenters. The molecule has 2 heterocycles. The number of carbonyl (C=O) groups excluding carboxylic acids is 1. The molecule has 0 saturated heterocycles. The number of hydrogen-bond acceptors (Lipinski definition) is 4. The molecule has 0 fully saturated rings. The summed E-state index contributed by atoms with van der Waals surface area (Å²) in [6, 6.07) is 14.0. The van der Waals surface area contributed by atoms with Crippen molar-refractivity contribution in [3.63, 3.8) is 0 Å². The number of halogens is 1. The summed E-state index contributed by atoms with van der Waals surface area (Å²) < 4.78 is 20.7. The molecule has 4 aromatic rings. The van der Waals surface area contributed by atoms with E-state index in [0.29, 0.717) is 22.8 Å². The van der Waals surface area contributed by atoms with Crippen molar-refractivity contribution in [1.82, 2.24) is 14.8 Å². The van der Waals surface area contributed by atoms with Crippen LogP contribution in [0.5, 0.6) is 5.88 Å². The number of nitrogens with zero attached hydrogens (tertiary/aromatic N) is 3. The van der Waals surface area contributed by atoms with Crippen molar-refractivity contribution in [1.29, 1.82) is 0 Å². The molecular formula is C24H23FN4O2. The van der Waals surface area contributed by atoms with E-state index < -0.39 is 0 Å². The van der Waals surface area contributed by atoms with Gasteiger partial charge >= 0.3 is 0 Å². The maximum Gasteiger partial charge on any atom is 0.262 e. The van der Waals surface area contributed by atoms with Crippen LogP contribution in [0.4, 0.5) is 10.1 Å². The van der Waals surface area contributed by atoms with Gasteiger partial charge in [-0.25, -0.2) is 9.07 Å². The summed E-state index contributed by atoms with van der Waals surface area (Å²) in [5.74, 6) is -0.359. The molecule has 7 heteroatoms. The zero-order valence-electron chi connectivity index (χ0n) is 17.9. The average molecular weight is 418 g/mol. The third kappa shape index (κ3) is 4.26. The number of aromatic nitrogens is 3. The van der Waals surface area contributed by atoms with Crippen molar-refractivity contribution in [3.8, 4) is 11.6 Å². The van der Waals surface area contributed by atoms with Crippen LogP contribution in [-0.2, 0) is 4.79 Å². The van der Waals surface area contributed by atoms with Crippen LogP contribution in [-0.4, -0.2) is 27.3 Å². The number of fused-ring (bicyclic) bond motifs is 1. The van der Waals surface area contributed by atoms with Gasteiger partial charge in [-0.05, 0) is 69.2 Å². The minimum absolute atomic E-state index is 0.216. The van der Waals surface area contributed by atoms with E-state index in [-0.39, 0.29) is 18.3 Å². The van der Waals surface area contributed by atoms with Crippen molar-refractivity contribution >= 4 is 22.6 Å². The van der Waals surface area contributed by atoms with E-state index in [9.17, 15) is 9.18 Å². The Bertz CT molecular complexity index is 1280. The van der Waals surface area contributed by atoms with Crippen LogP contribution in [0.3, 0.4) is 0 Å². The molecule has 0 radical (unpaired) electrons. The Morgan fingerprint density at radius 3 is 2.48 bits per heavy atom. The second-order valence-electron chi connectivity index (χ2n) is 7.60. The fraction of sp³-hybridized carbons (Fsp3) is 0.208. The van der Waals surface area contributed by atoms with Gasteiger partial charge in [0.15, 0.2) is 12.3 Å². The third-order valence-electron chi connectivity index (χ3n) is 5.08. The highest BCUT2D eigenvalue weighted by atomic mass is 19.1. The smallest absolute Gasteiger partial charge is 0.262 e. The zero-order valence-corrected chi connectivity index (χ0v) is 17.9. The van der Waals surface area contributed by atoms with E-state index >= 15 is 0 Å². The number of aryl methyl sites for hydroxylation is 4. The summed E-state index contributed by atoms with van der Waals surface area (Å²) in [6.07, 6.45) is 0. The van der Waals surface area contributed by atoms with Gasteiger partial charge in [-0.3, -0.25) is 4.79 Å². The predicted octanol–water partition coefficient (Wildman–Crippen LogP) is 4.81. The molecule has 0 unspecified atom stereocenters. The SMILES string of the molecule is Cc1ccc(-n2nc(C)c3c(C)cc(OCC(=O)Nc4ccc(F)cc4C)nc32)cc1. The Labute approximate surface area is 179 Å². The maximum atomic E-state index is 13.2. The number of benzene rings is 2. The molecule has 6 nitrogen and oxygen atoms in total. The number of ether oxygens (including phenoxy) is 1. The van der Waals surface area contributed by atoms with Crippen LogP contribution >= 0.6 is 0 Å². The summed E-state index contributed by atoms with van der Waals surface area (Å²) in [5.41, 5.74) is 5.75. The number of pyridine rings is 1. The van der Waals surface area contributed by atoms with Crippen LogP contribution in [0.1, 0.15) is 22.4 Å². The Morgan fingerprint density at radius 1 is 1.03 bits per heavy atom. The summed E-state index contributed by atoms with van der Waals surface area (Å²) >= 11 is 0. The van der Waals surface area contributed by atoms with Crippen LogP contribution in [0.25, 0.3) is 16.7 Å². The molecule has 1 amide bonds. The highest BCUT2D eigenvalue weighted by Gasteiger charge is 2.15. The number of amides is 1. The normalized spacial score (nSPS) is 11.0. The topological polar surface area (TPSA) is 69.0 Å². The van der Waals surface area contributed by atoms with Gasteiger partial charge in [0.05, 0.1) is 11.4 Å². The summed E-state index contributed by atoms with van der Waals surface area (Å²) in [4.78, 5) is 16.9. The van der Waals surface area contributed by atoms with E-state index in [1.807, 2.05) is 45.0 Å². The minimum atomic E-state index is -0.350. The molecule has 158 valence electrons. The van der Waals surface area contributed by atoms with E-state index in [0.717, 1.165) is 27.9 Å². The molecule has 0 aliphatic carbocycles. The predicted molar refractivity (Wildman–Crippen MR) is 118 cm³/mol. The zero-order chi connectivity index (χ0) is 22.1. The van der Waals surface area contributed by atoms with E-state index in [4.69, 9.17) is 4.74 Å². The standard InChI is InChI=1S/C24H23FN4O2/c1-14-5-8-19(9-6-14)29-24-23(17(4)28-29)16(3)12-22(27-24)31-13-21(30)26-20-10-7-18(25)11-15(20)2/h5-12H,13H2,1-4H3,(H,26,30). The minimum Gasteiger partial charge on any atom is -0.467 e. The summed E-state index contributed by atoms with van der Waals surface area (Å²) in [7, 11) is 0. The quantitative estimate of drug-likeness (QED) is 0.505. The van der Waals surface area contributed by atoms with Gasteiger partial charge in [0, 0.05) is 17.1 Å². The van der Waals surface area contributed by atoms with Gasteiger partial charge in [0.25, 0.3) is 5.91 Å². The van der Waals surface area contributed by atoms with Gasteiger partial charge in [0.2, 0.25) is 5.88 Å². The molecule has 2 aromatic heterocycles. The summed E-state index contributed by atoms with van der Waals surface area (Å²) in [6.45, 7) is 7.45. The van der Waals surface area contributed by atoms with Crippen LogP contribution in [0.2, 0.25) is 0 Å². The van der Waals surface area contributed by atoms with Crippen molar-refractivity contribution in [3.05, 3.63) is 76.7 Å². The fourth-order valence-electron chi connectivity index (χ4n) is 3.51. The first-order valence-electron chi connectivity index (χ1n) is 9.94. The number of rotatable bonds is 5. The first-order chi connectivity index (χ1) is 14.8. The molecule has 0 bridgehead atoms. The van der Waals surface area contributed by atoms with Crippen molar-refractivity contribution < 1.29 is 13.9 Å². The van der Waals surface area contributed by atoms with Crippen molar-refractivity contribution in [2.24, 2.45) is 0 Å². The van der Waals surface area contributed by atoms with Gasteiger partial charge in [0.1, 0.15) is 5.82 Å². The Kier molecular flexibility index (Phi) is 5.42. The molecule has 0 spiro atoms. The van der Waals surface area contributed by atoms with Crippen LogP contribution in [0, 0.1) is 33.5 Å². The van der Waals surface area contributed by atoms with Gasteiger partial charge in [-0.15, -0.1) is 0 Å². The second kappa shape index (κ2) is 8.18. The molecule has 1 N–H and O–H groups in total. The number of hydrogen-bond donors (Lipinski definition) is 1. The highest BCUT2D eigenvalue weighted by Crippen LogP contribution is 2.27. The first kappa shape index (κ1) is 20.5. The van der Waals surface area contributed by atoms with Crippen molar-refractivity contribution in [2.45, 2.75) is 27.7 Å². The lowest BCUT2D eigenvalue weighted by atomic mass is 10.1. The van der Waals surface area contributed by atoms with E-state index in [1.165, 1.54) is 18.2 Å².